The zero-order valence-corrected chi connectivity index (χ0v) is 12.9. The maximum atomic E-state index is 12.4. The smallest absolute Gasteiger partial charge is 0.234 e. The molecular weight excluding hydrogens is 284 g/mol. The van der Waals surface area contributed by atoms with E-state index < -0.39 is 5.92 Å². The molecule has 0 aliphatic heterocycles. The molecule has 0 aliphatic rings. The fraction of sp³-hybridized carbons (Fsp3) is 0.267. The highest BCUT2D eigenvalue weighted by atomic mass is 32.1. The molecule has 0 fully saturated rings. The first-order valence-electron chi connectivity index (χ1n) is 6.60. The first-order chi connectivity index (χ1) is 10.0. The minimum atomic E-state index is -0.613. The van der Waals surface area contributed by atoms with Crippen LogP contribution < -0.4 is 11.1 Å². The molecule has 6 heteroatoms. The number of rotatable bonds is 5. The largest absolute Gasteiger partial charge is 0.392 e. The molecule has 2 aromatic rings. The van der Waals surface area contributed by atoms with Gasteiger partial charge >= 0.3 is 0 Å². The van der Waals surface area contributed by atoms with Crippen molar-refractivity contribution >= 4 is 23.1 Å². The van der Waals surface area contributed by atoms with Crippen molar-refractivity contribution < 1.29 is 4.79 Å². The van der Waals surface area contributed by atoms with Gasteiger partial charge in [0, 0.05) is 24.8 Å². The standard InChI is InChI=1S/C15H18N4OS/c1-10-12(9-18-19(10)2)8-17-15(20)13(14(16)21)11-6-4-3-5-7-11/h3-7,9,13H,8H2,1-2H3,(H2,16,21)(H,17,20). The van der Waals surface area contributed by atoms with Crippen molar-refractivity contribution in [2.75, 3.05) is 0 Å². The molecule has 1 aromatic heterocycles. The Morgan fingerprint density at radius 1 is 1.43 bits per heavy atom. The van der Waals surface area contributed by atoms with Crippen molar-refractivity contribution in [1.82, 2.24) is 15.1 Å². The number of carbonyl (C=O) groups excluding carboxylic acids is 1. The molecule has 110 valence electrons. The highest BCUT2D eigenvalue weighted by Crippen LogP contribution is 2.16. The summed E-state index contributed by atoms with van der Waals surface area (Å²) in [5, 5.41) is 7.02. The third-order valence-corrected chi connectivity index (χ3v) is 3.71. The van der Waals surface area contributed by atoms with Crippen molar-refractivity contribution in [1.29, 1.82) is 0 Å². The molecule has 1 atom stereocenters. The van der Waals surface area contributed by atoms with Crippen LogP contribution in [0.15, 0.2) is 36.5 Å². The van der Waals surface area contributed by atoms with E-state index in [0.717, 1.165) is 16.8 Å². The van der Waals surface area contributed by atoms with Crippen LogP contribution in [0.1, 0.15) is 22.7 Å². The Morgan fingerprint density at radius 3 is 2.62 bits per heavy atom. The van der Waals surface area contributed by atoms with Crippen LogP contribution in [0.2, 0.25) is 0 Å². The molecule has 0 saturated heterocycles. The number of aryl methyl sites for hydroxylation is 1. The van der Waals surface area contributed by atoms with Gasteiger partial charge in [-0.25, -0.2) is 0 Å². The van der Waals surface area contributed by atoms with Gasteiger partial charge in [0.25, 0.3) is 0 Å². The van der Waals surface area contributed by atoms with Crippen molar-refractivity contribution in [3.8, 4) is 0 Å². The Hall–Kier alpha value is -2.21. The monoisotopic (exact) mass is 302 g/mol. The van der Waals surface area contributed by atoms with Gasteiger partial charge in [0.15, 0.2) is 0 Å². The molecule has 1 heterocycles. The summed E-state index contributed by atoms with van der Waals surface area (Å²) >= 11 is 5.04. The molecule has 0 saturated carbocycles. The van der Waals surface area contributed by atoms with Crippen LogP contribution in [0, 0.1) is 6.92 Å². The van der Waals surface area contributed by atoms with Crippen LogP contribution in [-0.2, 0) is 18.4 Å². The third-order valence-electron chi connectivity index (χ3n) is 3.47. The second kappa shape index (κ2) is 6.49. The van der Waals surface area contributed by atoms with Gasteiger partial charge in [0.1, 0.15) is 5.92 Å². The number of aromatic nitrogens is 2. The van der Waals surface area contributed by atoms with Crippen LogP contribution in [0.25, 0.3) is 0 Å². The van der Waals surface area contributed by atoms with E-state index in [1.54, 1.807) is 10.9 Å². The fourth-order valence-corrected chi connectivity index (χ4v) is 2.34. The van der Waals surface area contributed by atoms with Gasteiger partial charge in [-0.05, 0) is 12.5 Å². The molecule has 1 amide bonds. The van der Waals surface area contributed by atoms with E-state index in [-0.39, 0.29) is 10.9 Å². The van der Waals surface area contributed by atoms with Crippen LogP contribution >= 0.6 is 12.2 Å². The Morgan fingerprint density at radius 2 is 2.10 bits per heavy atom. The summed E-state index contributed by atoms with van der Waals surface area (Å²) in [5.41, 5.74) is 8.51. The van der Waals surface area contributed by atoms with Crippen LogP contribution in [0.5, 0.6) is 0 Å². The Balaban J connectivity index is 2.10. The lowest BCUT2D eigenvalue weighted by Gasteiger charge is -2.15. The van der Waals surface area contributed by atoms with Crippen molar-refractivity contribution in [2.45, 2.75) is 19.4 Å². The number of nitrogens with one attached hydrogen (secondary N) is 1. The molecule has 1 unspecified atom stereocenters. The topological polar surface area (TPSA) is 72.9 Å². The Labute approximate surface area is 129 Å². The summed E-state index contributed by atoms with van der Waals surface area (Å²) in [5.74, 6) is -0.810. The first kappa shape index (κ1) is 15.2. The normalized spacial score (nSPS) is 11.9. The third kappa shape index (κ3) is 3.46. The van der Waals surface area contributed by atoms with Gasteiger partial charge in [-0.2, -0.15) is 5.10 Å². The zero-order chi connectivity index (χ0) is 15.4. The molecule has 0 aliphatic carbocycles. The van der Waals surface area contributed by atoms with E-state index in [4.69, 9.17) is 18.0 Å². The summed E-state index contributed by atoms with van der Waals surface area (Å²) in [6, 6.07) is 9.30. The molecule has 21 heavy (non-hydrogen) atoms. The number of nitrogens with zero attached hydrogens (tertiary/aromatic N) is 2. The second-order valence-corrected chi connectivity index (χ2v) is 5.31. The predicted molar refractivity (Wildman–Crippen MR) is 85.8 cm³/mol. The van der Waals surface area contributed by atoms with Gasteiger partial charge < -0.3 is 11.1 Å². The molecular formula is C15H18N4OS. The van der Waals surface area contributed by atoms with E-state index in [1.165, 1.54) is 0 Å². The Kier molecular flexibility index (Phi) is 4.70. The number of amides is 1. The summed E-state index contributed by atoms with van der Waals surface area (Å²) in [4.78, 5) is 12.5. The van der Waals surface area contributed by atoms with E-state index in [9.17, 15) is 4.79 Å². The minimum Gasteiger partial charge on any atom is -0.392 e. The van der Waals surface area contributed by atoms with Crippen molar-refractivity contribution in [2.24, 2.45) is 12.8 Å². The fourth-order valence-electron chi connectivity index (χ4n) is 2.09. The lowest BCUT2D eigenvalue weighted by atomic mass is 9.98. The quantitative estimate of drug-likeness (QED) is 0.819. The van der Waals surface area contributed by atoms with Crippen molar-refractivity contribution in [3.63, 3.8) is 0 Å². The predicted octanol–water partition coefficient (Wildman–Crippen LogP) is 1.41. The highest BCUT2D eigenvalue weighted by Gasteiger charge is 2.23. The van der Waals surface area contributed by atoms with Gasteiger partial charge in [0.2, 0.25) is 5.91 Å². The van der Waals surface area contributed by atoms with Gasteiger partial charge in [-0.1, -0.05) is 42.5 Å². The summed E-state index contributed by atoms with van der Waals surface area (Å²) in [6.45, 7) is 2.36. The van der Waals surface area contributed by atoms with E-state index in [1.807, 2.05) is 44.3 Å². The van der Waals surface area contributed by atoms with Crippen LogP contribution in [0.3, 0.4) is 0 Å². The molecule has 3 N–H and O–H groups in total. The van der Waals surface area contributed by atoms with Gasteiger partial charge in [-0.15, -0.1) is 0 Å². The van der Waals surface area contributed by atoms with E-state index >= 15 is 0 Å². The van der Waals surface area contributed by atoms with Crippen molar-refractivity contribution in [3.05, 3.63) is 53.3 Å². The highest BCUT2D eigenvalue weighted by molar-refractivity contribution is 7.80. The molecule has 5 nitrogen and oxygen atoms in total. The summed E-state index contributed by atoms with van der Waals surface area (Å²) < 4.78 is 1.77. The maximum Gasteiger partial charge on any atom is 0.234 e. The lowest BCUT2D eigenvalue weighted by molar-refractivity contribution is -0.121. The SMILES string of the molecule is Cc1c(CNC(=O)C(C(N)=S)c2ccccc2)cnn1C. The lowest BCUT2D eigenvalue weighted by Crippen LogP contribution is -2.35. The number of nitrogens with two attached hydrogens (primary N) is 1. The summed E-state index contributed by atoms with van der Waals surface area (Å²) in [6.07, 6.45) is 1.74. The second-order valence-electron chi connectivity index (χ2n) is 4.84. The number of benzene rings is 1. The Bertz CT molecular complexity index is 651. The van der Waals surface area contributed by atoms with E-state index in [0.29, 0.717) is 6.54 Å². The van der Waals surface area contributed by atoms with Crippen LogP contribution in [0.4, 0.5) is 0 Å². The van der Waals surface area contributed by atoms with E-state index in [2.05, 4.69) is 10.4 Å². The number of hydrogen-bond acceptors (Lipinski definition) is 3. The first-order valence-corrected chi connectivity index (χ1v) is 7.01. The average Bonchev–Trinajstić information content (AvgIpc) is 2.77. The molecule has 2 rings (SSSR count). The number of carbonyl (C=O) groups is 1. The van der Waals surface area contributed by atoms with Gasteiger partial charge in [0.05, 0.1) is 11.2 Å². The number of thiocarbonyl (C=S) groups is 1. The molecule has 1 aromatic carbocycles. The zero-order valence-electron chi connectivity index (χ0n) is 12.0. The van der Waals surface area contributed by atoms with Gasteiger partial charge in [-0.3, -0.25) is 9.48 Å². The average molecular weight is 302 g/mol. The summed E-state index contributed by atoms with van der Waals surface area (Å²) in [7, 11) is 1.86. The molecule has 0 radical (unpaired) electrons. The number of hydrogen-bond donors (Lipinski definition) is 2. The molecule has 0 bridgehead atoms. The molecule has 0 spiro atoms. The maximum absolute atomic E-state index is 12.4. The van der Waals surface area contributed by atoms with Crippen LogP contribution in [-0.4, -0.2) is 20.7 Å². The minimum absolute atomic E-state index is 0.168.